The van der Waals surface area contributed by atoms with E-state index in [1.807, 2.05) is 20.8 Å². The van der Waals surface area contributed by atoms with Crippen LogP contribution in [0.1, 0.15) is 56.1 Å². The number of thiazole rings is 1. The Labute approximate surface area is 141 Å². The monoisotopic (exact) mass is 341 g/mol. The van der Waals surface area contributed by atoms with Crippen molar-refractivity contribution in [1.82, 2.24) is 15.6 Å². The lowest BCUT2D eigenvalue weighted by Gasteiger charge is -2.22. The average Bonchev–Trinajstić information content (AvgIpc) is 3.13. The molecule has 0 bridgehead atoms. The number of rotatable bonds is 7. The molecule has 6 nitrogen and oxygen atoms in total. The SMILES string of the molecule is CC(C)(C)NCC(O)COc1ncc(C(=O)NC2CCCC2)s1. The summed E-state index contributed by atoms with van der Waals surface area (Å²) < 4.78 is 5.47. The van der Waals surface area contributed by atoms with Crippen molar-refractivity contribution in [3.05, 3.63) is 11.1 Å². The maximum absolute atomic E-state index is 12.1. The van der Waals surface area contributed by atoms with E-state index in [0.717, 1.165) is 12.8 Å². The quantitative estimate of drug-likeness (QED) is 0.706. The molecule has 3 N–H and O–H groups in total. The van der Waals surface area contributed by atoms with Crippen LogP contribution in [0.3, 0.4) is 0 Å². The van der Waals surface area contributed by atoms with E-state index >= 15 is 0 Å². The van der Waals surface area contributed by atoms with Gasteiger partial charge in [-0.25, -0.2) is 4.98 Å². The molecule has 7 heteroatoms. The van der Waals surface area contributed by atoms with Gasteiger partial charge in [0.1, 0.15) is 17.6 Å². The number of aliphatic hydroxyl groups excluding tert-OH is 1. The van der Waals surface area contributed by atoms with Crippen LogP contribution >= 0.6 is 11.3 Å². The molecule has 1 saturated carbocycles. The summed E-state index contributed by atoms with van der Waals surface area (Å²) in [7, 11) is 0. The highest BCUT2D eigenvalue weighted by molar-refractivity contribution is 7.15. The number of hydrogen-bond acceptors (Lipinski definition) is 6. The van der Waals surface area contributed by atoms with Crippen molar-refractivity contribution in [3.63, 3.8) is 0 Å². The Morgan fingerprint density at radius 2 is 2.17 bits per heavy atom. The third-order valence-corrected chi connectivity index (χ3v) is 4.57. The Hall–Kier alpha value is -1.18. The predicted molar refractivity (Wildman–Crippen MR) is 91.1 cm³/mol. The molecule has 0 spiro atoms. The van der Waals surface area contributed by atoms with Gasteiger partial charge in [-0.05, 0) is 33.6 Å². The minimum Gasteiger partial charge on any atom is -0.467 e. The van der Waals surface area contributed by atoms with Gasteiger partial charge in [-0.2, -0.15) is 0 Å². The standard InChI is InChI=1S/C16H27N3O3S/c1-16(2,3)18-8-12(20)10-22-15-17-9-13(23-15)14(21)19-11-6-4-5-7-11/h9,11-12,18,20H,4-8,10H2,1-3H3,(H,19,21). The molecule has 23 heavy (non-hydrogen) atoms. The Morgan fingerprint density at radius 3 is 2.83 bits per heavy atom. The fourth-order valence-corrected chi connectivity index (χ4v) is 3.08. The summed E-state index contributed by atoms with van der Waals surface area (Å²) in [5, 5.41) is 16.5. The Kier molecular flexibility index (Phi) is 6.38. The van der Waals surface area contributed by atoms with Crippen molar-refractivity contribution in [3.8, 4) is 5.19 Å². The van der Waals surface area contributed by atoms with Crippen LogP contribution in [0.2, 0.25) is 0 Å². The van der Waals surface area contributed by atoms with Gasteiger partial charge in [0.15, 0.2) is 0 Å². The maximum Gasteiger partial charge on any atom is 0.273 e. The fraction of sp³-hybridized carbons (Fsp3) is 0.750. The molecule has 1 aromatic rings. The van der Waals surface area contributed by atoms with Gasteiger partial charge in [0.25, 0.3) is 11.1 Å². The fourth-order valence-electron chi connectivity index (χ4n) is 2.41. The number of carbonyl (C=O) groups is 1. The molecule has 0 aliphatic heterocycles. The van der Waals surface area contributed by atoms with Gasteiger partial charge in [-0.1, -0.05) is 24.2 Å². The Bertz CT molecular complexity index is 507. The zero-order valence-corrected chi connectivity index (χ0v) is 14.9. The van der Waals surface area contributed by atoms with E-state index in [9.17, 15) is 9.90 Å². The number of amides is 1. The number of nitrogens with one attached hydrogen (secondary N) is 2. The van der Waals surface area contributed by atoms with Gasteiger partial charge in [0.05, 0.1) is 6.20 Å². The average molecular weight is 341 g/mol. The number of aliphatic hydroxyl groups is 1. The Balaban J connectivity index is 1.74. The second-order valence-electron chi connectivity index (χ2n) is 7.04. The summed E-state index contributed by atoms with van der Waals surface area (Å²) in [5.41, 5.74) is -0.0480. The van der Waals surface area contributed by atoms with Crippen LogP contribution in [-0.2, 0) is 0 Å². The predicted octanol–water partition coefficient (Wildman–Crippen LogP) is 1.94. The van der Waals surface area contributed by atoms with E-state index < -0.39 is 6.10 Å². The van der Waals surface area contributed by atoms with Gasteiger partial charge in [0, 0.05) is 18.1 Å². The minimum atomic E-state index is -0.617. The van der Waals surface area contributed by atoms with Gasteiger partial charge >= 0.3 is 0 Å². The molecule has 0 radical (unpaired) electrons. The molecule has 1 aliphatic rings. The number of carbonyl (C=O) groups excluding carboxylic acids is 1. The molecular weight excluding hydrogens is 314 g/mol. The summed E-state index contributed by atoms with van der Waals surface area (Å²) in [4.78, 5) is 16.8. The zero-order valence-electron chi connectivity index (χ0n) is 14.1. The van der Waals surface area contributed by atoms with Crippen LogP contribution in [0.25, 0.3) is 0 Å². The topological polar surface area (TPSA) is 83.5 Å². The molecule has 130 valence electrons. The number of aromatic nitrogens is 1. The molecule has 0 aromatic carbocycles. The van der Waals surface area contributed by atoms with Gasteiger partial charge in [0.2, 0.25) is 0 Å². The minimum absolute atomic E-state index is 0.0480. The zero-order chi connectivity index (χ0) is 16.9. The highest BCUT2D eigenvalue weighted by Gasteiger charge is 2.20. The summed E-state index contributed by atoms with van der Waals surface area (Å²) in [6, 6.07) is 0.291. The van der Waals surface area contributed by atoms with Crippen LogP contribution in [0, 0.1) is 0 Å². The van der Waals surface area contributed by atoms with Crippen molar-refractivity contribution in [2.24, 2.45) is 0 Å². The van der Waals surface area contributed by atoms with E-state index in [1.165, 1.54) is 30.4 Å². The molecular formula is C16H27N3O3S. The van der Waals surface area contributed by atoms with Crippen molar-refractivity contribution < 1.29 is 14.6 Å². The van der Waals surface area contributed by atoms with Crippen LogP contribution in [0.5, 0.6) is 5.19 Å². The van der Waals surface area contributed by atoms with Gasteiger partial charge in [-0.15, -0.1) is 0 Å². The molecule has 0 saturated heterocycles. The lowest BCUT2D eigenvalue weighted by Crippen LogP contribution is -2.42. The van der Waals surface area contributed by atoms with E-state index in [2.05, 4.69) is 15.6 Å². The molecule has 1 fully saturated rings. The third kappa shape index (κ3) is 6.45. The van der Waals surface area contributed by atoms with Crippen molar-refractivity contribution in [2.45, 2.75) is 64.1 Å². The van der Waals surface area contributed by atoms with Crippen LogP contribution in [0.4, 0.5) is 0 Å². The number of β-amino-alcohol motifs (C(OH)–C–C–N with tert-alkyl or cyclic N) is 1. The van der Waals surface area contributed by atoms with E-state index in [1.54, 1.807) is 0 Å². The molecule has 1 aromatic heterocycles. The largest absolute Gasteiger partial charge is 0.467 e. The van der Waals surface area contributed by atoms with Gasteiger partial charge < -0.3 is 20.5 Å². The summed E-state index contributed by atoms with van der Waals surface area (Å²) in [6.45, 7) is 6.72. The lowest BCUT2D eigenvalue weighted by atomic mass is 10.1. The lowest BCUT2D eigenvalue weighted by molar-refractivity contribution is 0.0941. The van der Waals surface area contributed by atoms with Gasteiger partial charge in [-0.3, -0.25) is 4.79 Å². The first-order valence-corrected chi connectivity index (χ1v) is 8.98. The normalized spacial score (nSPS) is 17.2. The van der Waals surface area contributed by atoms with Crippen molar-refractivity contribution in [1.29, 1.82) is 0 Å². The molecule has 1 atom stereocenters. The van der Waals surface area contributed by atoms with Crippen molar-refractivity contribution >= 4 is 17.2 Å². The molecule has 1 aliphatic carbocycles. The highest BCUT2D eigenvalue weighted by atomic mass is 32.1. The van der Waals surface area contributed by atoms with Crippen molar-refractivity contribution in [2.75, 3.05) is 13.2 Å². The first-order chi connectivity index (χ1) is 10.8. The van der Waals surface area contributed by atoms with E-state index in [0.29, 0.717) is 22.7 Å². The highest BCUT2D eigenvalue weighted by Crippen LogP contribution is 2.22. The maximum atomic E-state index is 12.1. The first kappa shape index (κ1) is 18.2. The first-order valence-electron chi connectivity index (χ1n) is 8.16. The summed E-state index contributed by atoms with van der Waals surface area (Å²) >= 11 is 1.21. The smallest absolute Gasteiger partial charge is 0.273 e. The molecule has 1 amide bonds. The van der Waals surface area contributed by atoms with E-state index in [-0.39, 0.29) is 18.1 Å². The van der Waals surface area contributed by atoms with Crippen LogP contribution in [0.15, 0.2) is 6.20 Å². The summed E-state index contributed by atoms with van der Waals surface area (Å²) in [5.74, 6) is -0.0841. The van der Waals surface area contributed by atoms with Crippen LogP contribution < -0.4 is 15.4 Å². The Morgan fingerprint density at radius 1 is 1.48 bits per heavy atom. The number of ether oxygens (including phenoxy) is 1. The summed E-state index contributed by atoms with van der Waals surface area (Å²) in [6.07, 6.45) is 5.39. The number of hydrogen-bond donors (Lipinski definition) is 3. The number of nitrogens with zero attached hydrogens (tertiary/aromatic N) is 1. The molecule has 1 heterocycles. The third-order valence-electron chi connectivity index (χ3n) is 3.67. The molecule has 2 rings (SSSR count). The molecule has 1 unspecified atom stereocenters. The van der Waals surface area contributed by atoms with Crippen LogP contribution in [-0.4, -0.2) is 46.8 Å². The van der Waals surface area contributed by atoms with E-state index in [4.69, 9.17) is 4.74 Å². The second kappa shape index (κ2) is 8.08. The second-order valence-corrected chi connectivity index (χ2v) is 8.03.